The molecule has 0 bridgehead atoms. The van der Waals surface area contributed by atoms with Crippen LogP contribution in [0.1, 0.15) is 25.8 Å². The van der Waals surface area contributed by atoms with Crippen molar-refractivity contribution in [3.8, 4) is 0 Å². The lowest BCUT2D eigenvalue weighted by molar-refractivity contribution is -0.125. The Hall–Kier alpha value is -1.35. The van der Waals surface area contributed by atoms with Gasteiger partial charge in [0.25, 0.3) is 0 Å². The van der Waals surface area contributed by atoms with Crippen molar-refractivity contribution >= 4 is 5.91 Å². The molecule has 0 aromatic heterocycles. The van der Waals surface area contributed by atoms with E-state index in [4.69, 9.17) is 5.11 Å². The summed E-state index contributed by atoms with van der Waals surface area (Å²) < 4.78 is 0. The topological polar surface area (TPSA) is 49.3 Å². The first-order chi connectivity index (χ1) is 7.59. The van der Waals surface area contributed by atoms with Crippen molar-refractivity contribution in [3.63, 3.8) is 0 Å². The first-order valence-electron chi connectivity index (χ1n) is 5.45. The molecule has 0 atom stereocenters. The molecule has 16 heavy (non-hydrogen) atoms. The van der Waals surface area contributed by atoms with E-state index in [-0.39, 0.29) is 12.5 Å². The fourth-order valence-electron chi connectivity index (χ4n) is 1.44. The average Bonchev–Trinajstić information content (AvgIpc) is 2.30. The third kappa shape index (κ3) is 3.07. The van der Waals surface area contributed by atoms with Crippen LogP contribution < -0.4 is 5.32 Å². The van der Waals surface area contributed by atoms with E-state index in [0.29, 0.717) is 13.0 Å². The SMILES string of the molecule is CC(C)(C(=O)NCCCO)c1cc[c]cc1. The number of hydrogen-bond acceptors (Lipinski definition) is 2. The smallest absolute Gasteiger partial charge is 0.230 e. The highest BCUT2D eigenvalue weighted by atomic mass is 16.3. The van der Waals surface area contributed by atoms with Gasteiger partial charge in [-0.05, 0) is 31.9 Å². The number of carbonyl (C=O) groups excluding carboxylic acids is 1. The second-order valence-electron chi connectivity index (χ2n) is 4.25. The summed E-state index contributed by atoms with van der Waals surface area (Å²) >= 11 is 0. The van der Waals surface area contributed by atoms with Crippen molar-refractivity contribution in [2.45, 2.75) is 25.7 Å². The molecule has 1 aromatic rings. The summed E-state index contributed by atoms with van der Waals surface area (Å²) in [6.45, 7) is 4.38. The number of aliphatic hydroxyl groups excluding tert-OH is 1. The highest BCUT2D eigenvalue weighted by Crippen LogP contribution is 2.22. The molecule has 0 aliphatic carbocycles. The average molecular weight is 220 g/mol. The molecule has 0 spiro atoms. The van der Waals surface area contributed by atoms with Crippen molar-refractivity contribution < 1.29 is 9.90 Å². The predicted molar refractivity (Wildman–Crippen MR) is 63.0 cm³/mol. The van der Waals surface area contributed by atoms with Gasteiger partial charge in [0, 0.05) is 13.2 Å². The largest absolute Gasteiger partial charge is 0.396 e. The zero-order valence-electron chi connectivity index (χ0n) is 9.79. The number of rotatable bonds is 5. The van der Waals surface area contributed by atoms with Gasteiger partial charge in [0.15, 0.2) is 0 Å². The van der Waals surface area contributed by atoms with Gasteiger partial charge >= 0.3 is 0 Å². The summed E-state index contributed by atoms with van der Waals surface area (Å²) in [7, 11) is 0. The minimum Gasteiger partial charge on any atom is -0.396 e. The van der Waals surface area contributed by atoms with E-state index in [0.717, 1.165) is 5.56 Å². The summed E-state index contributed by atoms with van der Waals surface area (Å²) in [6, 6.07) is 10.3. The highest BCUT2D eigenvalue weighted by molar-refractivity contribution is 5.87. The van der Waals surface area contributed by atoms with E-state index < -0.39 is 5.41 Å². The van der Waals surface area contributed by atoms with Crippen molar-refractivity contribution in [1.82, 2.24) is 5.32 Å². The number of aliphatic hydroxyl groups is 1. The van der Waals surface area contributed by atoms with Crippen LogP contribution in [0.3, 0.4) is 0 Å². The molecule has 3 nitrogen and oxygen atoms in total. The fraction of sp³-hybridized carbons (Fsp3) is 0.462. The van der Waals surface area contributed by atoms with E-state index in [2.05, 4.69) is 11.4 Å². The molecule has 0 aliphatic heterocycles. The van der Waals surface area contributed by atoms with Crippen LogP contribution in [0.4, 0.5) is 0 Å². The summed E-state index contributed by atoms with van der Waals surface area (Å²) in [5, 5.41) is 11.5. The Kier molecular flexibility index (Phi) is 4.50. The standard InChI is InChI=1S/C13H18NO2/c1-13(2,11-7-4-3-5-8-11)12(16)14-9-6-10-15/h4-5,7-8,15H,6,9-10H2,1-2H3,(H,14,16). The van der Waals surface area contributed by atoms with Crippen molar-refractivity contribution in [2.75, 3.05) is 13.2 Å². The van der Waals surface area contributed by atoms with E-state index in [1.165, 1.54) is 0 Å². The van der Waals surface area contributed by atoms with Gasteiger partial charge in [0.2, 0.25) is 5.91 Å². The zero-order valence-corrected chi connectivity index (χ0v) is 9.79. The van der Waals surface area contributed by atoms with Crippen molar-refractivity contribution in [1.29, 1.82) is 0 Å². The molecule has 0 heterocycles. The second-order valence-corrected chi connectivity index (χ2v) is 4.25. The summed E-state index contributed by atoms with van der Waals surface area (Å²) in [4.78, 5) is 11.9. The van der Waals surface area contributed by atoms with E-state index in [1.807, 2.05) is 26.0 Å². The molecule has 0 fully saturated rings. The van der Waals surface area contributed by atoms with Gasteiger partial charge < -0.3 is 10.4 Å². The number of hydrogen-bond donors (Lipinski definition) is 2. The van der Waals surface area contributed by atoms with Gasteiger partial charge in [-0.1, -0.05) is 24.3 Å². The van der Waals surface area contributed by atoms with E-state index >= 15 is 0 Å². The summed E-state index contributed by atoms with van der Waals surface area (Å²) in [5.41, 5.74) is 0.414. The van der Waals surface area contributed by atoms with Crippen LogP contribution in [0.15, 0.2) is 24.3 Å². The van der Waals surface area contributed by atoms with Gasteiger partial charge in [-0.2, -0.15) is 0 Å². The molecular formula is C13H18NO2. The molecule has 0 aliphatic rings. The van der Waals surface area contributed by atoms with Gasteiger partial charge in [0.1, 0.15) is 0 Å². The fourth-order valence-corrected chi connectivity index (χ4v) is 1.44. The predicted octanol–water partition coefficient (Wildman–Crippen LogP) is 1.26. The molecule has 0 saturated carbocycles. The lowest BCUT2D eigenvalue weighted by atomic mass is 9.84. The van der Waals surface area contributed by atoms with Crippen LogP contribution in [0.2, 0.25) is 0 Å². The molecule has 87 valence electrons. The summed E-state index contributed by atoms with van der Waals surface area (Å²) in [5.74, 6) is -0.0212. The maximum absolute atomic E-state index is 11.9. The normalized spacial score (nSPS) is 11.2. The maximum atomic E-state index is 11.9. The van der Waals surface area contributed by atoms with Crippen LogP contribution in [-0.2, 0) is 10.2 Å². The molecule has 0 unspecified atom stereocenters. The van der Waals surface area contributed by atoms with Crippen LogP contribution in [0.5, 0.6) is 0 Å². The van der Waals surface area contributed by atoms with Gasteiger partial charge in [-0.25, -0.2) is 0 Å². The Morgan fingerprint density at radius 1 is 1.44 bits per heavy atom. The van der Waals surface area contributed by atoms with Crippen molar-refractivity contribution in [2.24, 2.45) is 0 Å². The lowest BCUT2D eigenvalue weighted by Gasteiger charge is -2.24. The Morgan fingerprint density at radius 2 is 2.06 bits per heavy atom. The van der Waals surface area contributed by atoms with Crippen LogP contribution in [0.25, 0.3) is 0 Å². The quantitative estimate of drug-likeness (QED) is 0.734. The van der Waals surface area contributed by atoms with Crippen LogP contribution in [-0.4, -0.2) is 24.2 Å². The maximum Gasteiger partial charge on any atom is 0.230 e. The Balaban J connectivity index is 2.66. The third-order valence-electron chi connectivity index (χ3n) is 2.63. The molecule has 1 amide bonds. The van der Waals surface area contributed by atoms with Gasteiger partial charge in [-0.15, -0.1) is 0 Å². The monoisotopic (exact) mass is 220 g/mol. The first kappa shape index (κ1) is 12.7. The molecular weight excluding hydrogens is 202 g/mol. The molecule has 1 aromatic carbocycles. The van der Waals surface area contributed by atoms with Crippen molar-refractivity contribution in [3.05, 3.63) is 35.9 Å². The second kappa shape index (κ2) is 5.66. The minimum atomic E-state index is -0.551. The summed E-state index contributed by atoms with van der Waals surface area (Å²) in [6.07, 6.45) is 0.588. The Morgan fingerprint density at radius 3 is 2.62 bits per heavy atom. The highest BCUT2D eigenvalue weighted by Gasteiger charge is 2.28. The van der Waals surface area contributed by atoms with Crippen LogP contribution >= 0.6 is 0 Å². The van der Waals surface area contributed by atoms with E-state index in [9.17, 15) is 4.79 Å². The number of nitrogens with one attached hydrogen (secondary N) is 1. The molecule has 1 rings (SSSR count). The van der Waals surface area contributed by atoms with Gasteiger partial charge in [0.05, 0.1) is 5.41 Å². The first-order valence-corrected chi connectivity index (χ1v) is 5.45. The number of carbonyl (C=O) groups is 1. The molecule has 3 heteroatoms. The Bertz CT molecular complexity index is 333. The van der Waals surface area contributed by atoms with Crippen LogP contribution in [0, 0.1) is 6.07 Å². The zero-order chi connectivity index (χ0) is 12.0. The number of amides is 1. The molecule has 1 radical (unpaired) electrons. The Labute approximate surface area is 96.5 Å². The minimum absolute atomic E-state index is 0.0212. The third-order valence-corrected chi connectivity index (χ3v) is 2.63. The molecule has 0 saturated heterocycles. The lowest BCUT2D eigenvalue weighted by Crippen LogP contribution is -2.40. The van der Waals surface area contributed by atoms with E-state index in [1.54, 1.807) is 12.1 Å². The van der Waals surface area contributed by atoms with Gasteiger partial charge in [-0.3, -0.25) is 4.79 Å². The molecule has 2 N–H and O–H groups in total. The number of benzene rings is 1.